The van der Waals surface area contributed by atoms with Crippen LogP contribution in [-0.2, 0) is 0 Å². The van der Waals surface area contributed by atoms with Crippen molar-refractivity contribution in [2.75, 3.05) is 25.6 Å². The van der Waals surface area contributed by atoms with E-state index in [9.17, 15) is 4.79 Å². The molecular weight excluding hydrogens is 358 g/mol. The summed E-state index contributed by atoms with van der Waals surface area (Å²) in [5.74, 6) is 1.63. The topological polar surface area (TPSA) is 96.6 Å². The Morgan fingerprint density at radius 3 is 2.61 bits per heavy atom. The summed E-state index contributed by atoms with van der Waals surface area (Å²) in [6.45, 7) is 2.94. The van der Waals surface area contributed by atoms with Crippen LogP contribution in [0.1, 0.15) is 12.0 Å². The number of anilines is 1. The molecular formula is C21H23N3O4. The molecule has 28 heavy (non-hydrogen) atoms. The molecule has 7 heteroatoms. The smallest absolute Gasteiger partial charge is 0.336 e. The number of guanidine groups is 1. The Morgan fingerprint density at radius 1 is 1.11 bits per heavy atom. The van der Waals surface area contributed by atoms with Gasteiger partial charge in [-0.05, 0) is 55.3 Å². The van der Waals surface area contributed by atoms with Gasteiger partial charge in [-0.15, -0.1) is 0 Å². The van der Waals surface area contributed by atoms with Crippen molar-refractivity contribution in [2.24, 2.45) is 0 Å². The van der Waals surface area contributed by atoms with Gasteiger partial charge in [0.1, 0.15) is 17.1 Å². The molecule has 0 aliphatic heterocycles. The van der Waals surface area contributed by atoms with Crippen LogP contribution < -0.4 is 25.7 Å². The van der Waals surface area contributed by atoms with E-state index < -0.39 is 0 Å². The van der Waals surface area contributed by atoms with Crippen LogP contribution in [0.2, 0.25) is 0 Å². The first kappa shape index (κ1) is 19.3. The zero-order valence-corrected chi connectivity index (χ0v) is 15.9. The normalized spacial score (nSPS) is 10.5. The third kappa shape index (κ3) is 5.03. The zero-order chi connectivity index (χ0) is 19.9. The van der Waals surface area contributed by atoms with Crippen LogP contribution in [-0.4, -0.2) is 26.2 Å². The molecule has 1 aromatic heterocycles. The number of methoxy groups -OCH3 is 1. The minimum atomic E-state index is -0.366. The molecule has 146 valence electrons. The Kier molecular flexibility index (Phi) is 6.16. The minimum absolute atomic E-state index is 0.216. The van der Waals surface area contributed by atoms with Crippen LogP contribution in [0.3, 0.4) is 0 Å². The van der Waals surface area contributed by atoms with Crippen molar-refractivity contribution < 1.29 is 13.9 Å². The summed E-state index contributed by atoms with van der Waals surface area (Å²) in [5, 5.41) is 14.8. The lowest BCUT2D eigenvalue weighted by molar-refractivity contribution is 0.311. The molecule has 3 aromatic rings. The van der Waals surface area contributed by atoms with Gasteiger partial charge in [-0.3, -0.25) is 5.41 Å². The van der Waals surface area contributed by atoms with Gasteiger partial charge < -0.3 is 24.5 Å². The van der Waals surface area contributed by atoms with Crippen molar-refractivity contribution >= 4 is 22.6 Å². The predicted octanol–water partition coefficient (Wildman–Crippen LogP) is 3.52. The predicted molar refractivity (Wildman–Crippen MR) is 110 cm³/mol. The lowest BCUT2D eigenvalue weighted by Crippen LogP contribution is -2.31. The molecule has 0 unspecified atom stereocenters. The highest BCUT2D eigenvalue weighted by atomic mass is 16.5. The van der Waals surface area contributed by atoms with Gasteiger partial charge in [0.25, 0.3) is 0 Å². The molecule has 0 saturated carbocycles. The second-order valence-corrected chi connectivity index (χ2v) is 6.26. The fourth-order valence-corrected chi connectivity index (χ4v) is 2.73. The first-order chi connectivity index (χ1) is 13.5. The van der Waals surface area contributed by atoms with Crippen LogP contribution in [0, 0.1) is 12.3 Å². The molecule has 0 saturated heterocycles. The molecule has 0 aliphatic carbocycles. The fourth-order valence-electron chi connectivity index (χ4n) is 2.73. The number of fused-ring (bicyclic) bond motifs is 1. The highest BCUT2D eigenvalue weighted by molar-refractivity contribution is 5.91. The second kappa shape index (κ2) is 8.94. The standard InChI is InChI=1S/C21H23N3O4/c1-14-12-20(25)28-19-13-17(8-9-18(14)19)27-11-3-10-23-21(22)24-15-4-6-16(26-2)7-5-15/h4-9,12-13H,3,10-11H2,1-2H3,(H3,22,23,24). The van der Waals surface area contributed by atoms with Gasteiger partial charge in [-0.1, -0.05) is 0 Å². The molecule has 0 fully saturated rings. The minimum Gasteiger partial charge on any atom is -0.497 e. The highest BCUT2D eigenvalue weighted by Gasteiger charge is 2.04. The Hall–Kier alpha value is -3.48. The van der Waals surface area contributed by atoms with Crippen LogP contribution in [0.4, 0.5) is 5.69 Å². The van der Waals surface area contributed by atoms with Gasteiger partial charge in [0, 0.05) is 29.8 Å². The summed E-state index contributed by atoms with van der Waals surface area (Å²) in [5.41, 5.74) is 1.84. The van der Waals surface area contributed by atoms with Gasteiger partial charge in [0.05, 0.1) is 13.7 Å². The third-order valence-corrected chi connectivity index (χ3v) is 4.17. The Bertz CT molecular complexity index is 1010. The van der Waals surface area contributed by atoms with Crippen LogP contribution in [0.15, 0.2) is 57.7 Å². The molecule has 0 bridgehead atoms. The molecule has 3 N–H and O–H groups in total. The Balaban J connectivity index is 1.42. The van der Waals surface area contributed by atoms with Gasteiger partial charge in [-0.2, -0.15) is 0 Å². The lowest BCUT2D eigenvalue weighted by atomic mass is 10.1. The summed E-state index contributed by atoms with van der Waals surface area (Å²) >= 11 is 0. The van der Waals surface area contributed by atoms with Crippen molar-refractivity contribution in [2.45, 2.75) is 13.3 Å². The number of hydrogen-bond acceptors (Lipinski definition) is 5. The van der Waals surface area contributed by atoms with Crippen LogP contribution in [0.25, 0.3) is 11.0 Å². The average molecular weight is 381 g/mol. The SMILES string of the molecule is COc1ccc(NC(=N)NCCCOc2ccc3c(C)cc(=O)oc3c2)cc1. The number of aryl methyl sites for hydroxylation is 1. The molecule has 0 amide bonds. The number of ether oxygens (including phenoxy) is 2. The molecule has 3 rings (SSSR count). The van der Waals surface area contributed by atoms with E-state index >= 15 is 0 Å². The van der Waals surface area contributed by atoms with E-state index in [0.29, 0.717) is 30.9 Å². The van der Waals surface area contributed by atoms with Gasteiger partial charge in [0.2, 0.25) is 0 Å². The van der Waals surface area contributed by atoms with Crippen LogP contribution in [0.5, 0.6) is 11.5 Å². The number of rotatable bonds is 7. The maximum Gasteiger partial charge on any atom is 0.336 e. The van der Waals surface area contributed by atoms with Gasteiger partial charge >= 0.3 is 5.63 Å². The van der Waals surface area contributed by atoms with Crippen molar-refractivity contribution in [3.05, 3.63) is 64.5 Å². The van der Waals surface area contributed by atoms with Crippen molar-refractivity contribution in [1.29, 1.82) is 5.41 Å². The Morgan fingerprint density at radius 2 is 1.86 bits per heavy atom. The molecule has 1 heterocycles. The largest absolute Gasteiger partial charge is 0.497 e. The summed E-state index contributed by atoms with van der Waals surface area (Å²) in [7, 11) is 1.61. The quantitative estimate of drug-likeness (QED) is 0.251. The maximum atomic E-state index is 11.5. The summed E-state index contributed by atoms with van der Waals surface area (Å²) in [6, 6.07) is 14.3. The number of hydrogen-bond donors (Lipinski definition) is 3. The molecule has 0 spiro atoms. The monoisotopic (exact) mass is 381 g/mol. The van der Waals surface area contributed by atoms with E-state index in [0.717, 1.165) is 22.4 Å². The number of benzene rings is 2. The first-order valence-electron chi connectivity index (χ1n) is 8.96. The highest BCUT2D eigenvalue weighted by Crippen LogP contribution is 2.22. The summed E-state index contributed by atoms with van der Waals surface area (Å²) in [4.78, 5) is 11.5. The third-order valence-electron chi connectivity index (χ3n) is 4.17. The van der Waals surface area contributed by atoms with Crippen molar-refractivity contribution in [3.63, 3.8) is 0 Å². The molecule has 2 aromatic carbocycles. The van der Waals surface area contributed by atoms with Gasteiger partial charge in [0.15, 0.2) is 5.96 Å². The van der Waals surface area contributed by atoms with E-state index in [1.165, 1.54) is 6.07 Å². The molecule has 7 nitrogen and oxygen atoms in total. The molecule has 0 radical (unpaired) electrons. The number of nitrogens with one attached hydrogen (secondary N) is 3. The first-order valence-corrected chi connectivity index (χ1v) is 8.96. The summed E-state index contributed by atoms with van der Waals surface area (Å²) < 4.78 is 16.0. The van der Waals surface area contributed by atoms with E-state index in [4.69, 9.17) is 19.3 Å². The Labute approximate surface area is 162 Å². The lowest BCUT2D eigenvalue weighted by Gasteiger charge is -2.11. The zero-order valence-electron chi connectivity index (χ0n) is 15.9. The molecule has 0 aliphatic rings. The van der Waals surface area contributed by atoms with Crippen molar-refractivity contribution in [1.82, 2.24) is 5.32 Å². The van der Waals surface area contributed by atoms with E-state index in [2.05, 4.69) is 10.6 Å². The van der Waals surface area contributed by atoms with Crippen LogP contribution >= 0.6 is 0 Å². The van der Waals surface area contributed by atoms with E-state index in [1.54, 1.807) is 13.2 Å². The maximum absolute atomic E-state index is 11.5. The average Bonchev–Trinajstić information content (AvgIpc) is 2.68. The van der Waals surface area contributed by atoms with Gasteiger partial charge in [-0.25, -0.2) is 4.79 Å². The van der Waals surface area contributed by atoms with E-state index in [-0.39, 0.29) is 11.6 Å². The molecule has 0 atom stereocenters. The second-order valence-electron chi connectivity index (χ2n) is 6.26. The fraction of sp³-hybridized carbons (Fsp3) is 0.238. The van der Waals surface area contributed by atoms with Crippen molar-refractivity contribution in [3.8, 4) is 11.5 Å². The van der Waals surface area contributed by atoms with E-state index in [1.807, 2.05) is 43.3 Å². The summed E-state index contributed by atoms with van der Waals surface area (Å²) in [6.07, 6.45) is 0.711.